The van der Waals surface area contributed by atoms with Crippen LogP contribution in [-0.2, 0) is 19.7 Å². The molecule has 0 aliphatic carbocycles. The first-order chi connectivity index (χ1) is 11.6. The highest BCUT2D eigenvalue weighted by Crippen LogP contribution is 2.16. The predicted octanol–water partition coefficient (Wildman–Crippen LogP) is -1.20. The van der Waals surface area contributed by atoms with Gasteiger partial charge in [0.05, 0.1) is 13.2 Å². The fourth-order valence-corrected chi connectivity index (χ4v) is 5.71. The van der Waals surface area contributed by atoms with Crippen molar-refractivity contribution >= 4 is 27.9 Å². The quantitative estimate of drug-likeness (QED) is 0.662. The Bertz CT molecular complexity index is 525. The van der Waals surface area contributed by atoms with Gasteiger partial charge in [-0.25, -0.2) is 0 Å². The van der Waals surface area contributed by atoms with Crippen LogP contribution in [0.5, 0.6) is 0 Å². The van der Waals surface area contributed by atoms with E-state index in [1.807, 2.05) is 11.8 Å². The number of ether oxygens (including phenoxy) is 1. The van der Waals surface area contributed by atoms with E-state index in [0.29, 0.717) is 58.9 Å². The molecule has 1 amide bonds. The monoisotopic (exact) mass is 378 g/mol. The number of carbonyl (C=O) groups is 1. The van der Waals surface area contributed by atoms with Crippen molar-refractivity contribution in [1.82, 2.24) is 18.8 Å². The largest absolute Gasteiger partial charge is 0.379 e. The molecule has 0 radical (unpaired) electrons. The van der Waals surface area contributed by atoms with Gasteiger partial charge >= 0.3 is 0 Å². The van der Waals surface area contributed by atoms with Crippen molar-refractivity contribution in [3.63, 3.8) is 0 Å². The molecular formula is C14H26N4O4S2. The molecule has 8 nitrogen and oxygen atoms in total. The van der Waals surface area contributed by atoms with Gasteiger partial charge in [0.2, 0.25) is 5.91 Å². The third-order valence-electron chi connectivity index (χ3n) is 4.63. The number of piperazine rings is 1. The van der Waals surface area contributed by atoms with Crippen LogP contribution >= 0.6 is 11.8 Å². The Hall–Kier alpha value is -0.390. The van der Waals surface area contributed by atoms with Gasteiger partial charge in [0.25, 0.3) is 10.2 Å². The first-order valence-corrected chi connectivity index (χ1v) is 11.0. The second-order valence-corrected chi connectivity index (χ2v) is 9.31. The number of morpholine rings is 1. The lowest BCUT2D eigenvalue weighted by Gasteiger charge is -2.38. The minimum atomic E-state index is -3.43. The van der Waals surface area contributed by atoms with E-state index in [9.17, 15) is 13.2 Å². The molecule has 1 unspecified atom stereocenters. The van der Waals surface area contributed by atoms with Crippen LogP contribution in [0.15, 0.2) is 0 Å². The van der Waals surface area contributed by atoms with Gasteiger partial charge in [-0.1, -0.05) is 0 Å². The number of nitrogens with zero attached hydrogens (tertiary/aromatic N) is 3. The standard InChI is InChI=1S/C14H26N4O4S2/c19-14(11-13-12-23-10-1-15-13)16-2-4-17(5-3-16)24(20,21)18-6-8-22-9-7-18/h13,15H,1-12H2. The van der Waals surface area contributed by atoms with Gasteiger partial charge < -0.3 is 15.0 Å². The van der Waals surface area contributed by atoms with E-state index in [4.69, 9.17) is 4.74 Å². The van der Waals surface area contributed by atoms with E-state index in [1.54, 1.807) is 4.90 Å². The van der Waals surface area contributed by atoms with Crippen molar-refractivity contribution in [3.05, 3.63) is 0 Å². The summed E-state index contributed by atoms with van der Waals surface area (Å²) < 4.78 is 33.4. The summed E-state index contributed by atoms with van der Waals surface area (Å²) >= 11 is 1.87. The molecule has 0 saturated carbocycles. The summed E-state index contributed by atoms with van der Waals surface area (Å²) in [7, 11) is -3.43. The van der Waals surface area contributed by atoms with E-state index >= 15 is 0 Å². The highest BCUT2D eigenvalue weighted by molar-refractivity contribution is 7.99. The van der Waals surface area contributed by atoms with Crippen molar-refractivity contribution in [2.45, 2.75) is 12.5 Å². The summed E-state index contributed by atoms with van der Waals surface area (Å²) in [6.07, 6.45) is 0.503. The summed E-state index contributed by atoms with van der Waals surface area (Å²) in [5.74, 6) is 2.19. The number of carbonyl (C=O) groups excluding carboxylic acids is 1. The van der Waals surface area contributed by atoms with Crippen molar-refractivity contribution in [2.24, 2.45) is 0 Å². The second kappa shape index (κ2) is 8.33. The third kappa shape index (κ3) is 4.41. The SMILES string of the molecule is O=C(CC1CSCCN1)N1CCN(S(=O)(=O)N2CCOCC2)CC1. The Morgan fingerprint density at radius 1 is 1.08 bits per heavy atom. The number of amides is 1. The van der Waals surface area contributed by atoms with Crippen LogP contribution in [0.25, 0.3) is 0 Å². The zero-order valence-electron chi connectivity index (χ0n) is 13.9. The van der Waals surface area contributed by atoms with Gasteiger partial charge in [0.1, 0.15) is 0 Å². The van der Waals surface area contributed by atoms with Gasteiger partial charge in [0.15, 0.2) is 0 Å². The first kappa shape index (κ1) is 18.4. The van der Waals surface area contributed by atoms with E-state index in [1.165, 1.54) is 8.61 Å². The molecule has 3 saturated heterocycles. The summed E-state index contributed by atoms with van der Waals surface area (Å²) in [6, 6.07) is 0.242. The number of rotatable bonds is 4. The molecule has 3 rings (SSSR count). The normalized spacial score (nSPS) is 28.0. The second-order valence-electron chi connectivity index (χ2n) is 6.23. The Labute approximate surface area is 148 Å². The van der Waals surface area contributed by atoms with Gasteiger partial charge in [0, 0.05) is 69.8 Å². The molecule has 0 aromatic rings. The summed E-state index contributed by atoms with van der Waals surface area (Å²) in [4.78, 5) is 14.2. The fourth-order valence-electron chi connectivity index (χ4n) is 3.20. The molecule has 1 atom stereocenters. The molecule has 0 aromatic carbocycles. The molecule has 138 valence electrons. The van der Waals surface area contributed by atoms with Crippen LogP contribution in [0.4, 0.5) is 0 Å². The number of hydrogen-bond acceptors (Lipinski definition) is 6. The van der Waals surface area contributed by atoms with Crippen LogP contribution in [0, 0.1) is 0 Å². The van der Waals surface area contributed by atoms with Gasteiger partial charge in [-0.2, -0.15) is 28.8 Å². The van der Waals surface area contributed by atoms with Crippen molar-refractivity contribution in [1.29, 1.82) is 0 Å². The number of hydrogen-bond donors (Lipinski definition) is 1. The average Bonchev–Trinajstić information content (AvgIpc) is 2.63. The van der Waals surface area contributed by atoms with Crippen LogP contribution in [0.3, 0.4) is 0 Å². The van der Waals surface area contributed by atoms with Crippen LogP contribution in [0.1, 0.15) is 6.42 Å². The van der Waals surface area contributed by atoms with Crippen LogP contribution in [-0.4, -0.2) is 104 Å². The molecule has 0 aromatic heterocycles. The topological polar surface area (TPSA) is 82.2 Å². The van der Waals surface area contributed by atoms with Gasteiger partial charge in [-0.3, -0.25) is 4.79 Å². The average molecular weight is 379 g/mol. The lowest BCUT2D eigenvalue weighted by molar-refractivity contribution is -0.132. The predicted molar refractivity (Wildman–Crippen MR) is 93.2 cm³/mol. The highest BCUT2D eigenvalue weighted by atomic mass is 32.2. The van der Waals surface area contributed by atoms with Crippen LogP contribution < -0.4 is 5.32 Å². The molecule has 24 heavy (non-hydrogen) atoms. The van der Waals surface area contributed by atoms with E-state index < -0.39 is 10.2 Å². The Morgan fingerprint density at radius 2 is 1.75 bits per heavy atom. The molecule has 3 aliphatic rings. The zero-order valence-corrected chi connectivity index (χ0v) is 15.5. The maximum Gasteiger partial charge on any atom is 0.282 e. The molecule has 0 bridgehead atoms. The maximum absolute atomic E-state index is 12.6. The van der Waals surface area contributed by atoms with Crippen molar-refractivity contribution in [3.8, 4) is 0 Å². The third-order valence-corrected chi connectivity index (χ3v) is 7.80. The summed E-state index contributed by atoms with van der Waals surface area (Å²) in [5, 5.41) is 3.37. The first-order valence-electron chi connectivity index (χ1n) is 8.49. The lowest BCUT2D eigenvalue weighted by atomic mass is 10.2. The molecule has 10 heteroatoms. The minimum Gasteiger partial charge on any atom is -0.379 e. The molecule has 3 aliphatic heterocycles. The van der Waals surface area contributed by atoms with Crippen molar-refractivity contribution < 1.29 is 17.9 Å². The highest BCUT2D eigenvalue weighted by Gasteiger charge is 2.34. The van der Waals surface area contributed by atoms with E-state index in [0.717, 1.165) is 18.1 Å². The van der Waals surface area contributed by atoms with E-state index in [2.05, 4.69) is 5.32 Å². The Morgan fingerprint density at radius 3 is 2.38 bits per heavy atom. The molecule has 3 heterocycles. The maximum atomic E-state index is 12.6. The summed E-state index contributed by atoms with van der Waals surface area (Å²) in [5.41, 5.74) is 0. The van der Waals surface area contributed by atoms with Crippen molar-refractivity contribution in [2.75, 3.05) is 70.5 Å². The van der Waals surface area contributed by atoms with Crippen LogP contribution in [0.2, 0.25) is 0 Å². The molecule has 3 fully saturated rings. The minimum absolute atomic E-state index is 0.124. The Balaban J connectivity index is 1.48. The summed E-state index contributed by atoms with van der Waals surface area (Å²) in [6.45, 7) is 4.36. The van der Waals surface area contributed by atoms with E-state index in [-0.39, 0.29) is 11.9 Å². The molecule has 0 spiro atoms. The number of nitrogens with one attached hydrogen (secondary N) is 1. The number of thioether (sulfide) groups is 1. The molecular weight excluding hydrogens is 352 g/mol. The lowest BCUT2D eigenvalue weighted by Crippen LogP contribution is -2.56. The Kier molecular flexibility index (Phi) is 6.38. The van der Waals surface area contributed by atoms with Gasteiger partial charge in [-0.15, -0.1) is 0 Å². The molecule has 1 N–H and O–H groups in total. The smallest absolute Gasteiger partial charge is 0.282 e. The van der Waals surface area contributed by atoms with Gasteiger partial charge in [-0.05, 0) is 0 Å². The zero-order chi connectivity index (χ0) is 17.0. The fraction of sp³-hybridized carbons (Fsp3) is 0.929.